The first-order valence-corrected chi connectivity index (χ1v) is 7.67. The molecule has 122 valence electrons. The van der Waals surface area contributed by atoms with Crippen molar-refractivity contribution in [3.8, 4) is 5.75 Å². The van der Waals surface area contributed by atoms with Crippen molar-refractivity contribution in [2.45, 2.75) is 45.8 Å². The van der Waals surface area contributed by atoms with Gasteiger partial charge < -0.3 is 15.0 Å². The first-order valence-electron chi connectivity index (χ1n) is 7.67. The molecular formula is C17H20N2O4. The van der Waals surface area contributed by atoms with Crippen LogP contribution in [0.1, 0.15) is 45.2 Å². The average molecular weight is 316 g/mol. The Balaban J connectivity index is 2.02. The van der Waals surface area contributed by atoms with Crippen molar-refractivity contribution in [2.24, 2.45) is 5.41 Å². The molecule has 6 heteroatoms. The van der Waals surface area contributed by atoms with Crippen molar-refractivity contribution in [1.82, 2.24) is 10.2 Å². The molecule has 2 heterocycles. The lowest BCUT2D eigenvalue weighted by molar-refractivity contribution is -0.133. The van der Waals surface area contributed by atoms with E-state index in [1.54, 1.807) is 17.0 Å². The van der Waals surface area contributed by atoms with Gasteiger partial charge in [0.15, 0.2) is 0 Å². The van der Waals surface area contributed by atoms with Crippen LogP contribution in [0.5, 0.6) is 5.75 Å². The van der Waals surface area contributed by atoms with Crippen LogP contribution in [0.2, 0.25) is 0 Å². The zero-order valence-corrected chi connectivity index (χ0v) is 13.5. The molecule has 23 heavy (non-hydrogen) atoms. The van der Waals surface area contributed by atoms with Crippen molar-refractivity contribution in [1.29, 1.82) is 0 Å². The minimum atomic E-state index is -0.399. The summed E-state index contributed by atoms with van der Waals surface area (Å²) in [5, 5.41) is 2.91. The first-order chi connectivity index (χ1) is 10.8. The van der Waals surface area contributed by atoms with E-state index < -0.39 is 5.97 Å². The van der Waals surface area contributed by atoms with Gasteiger partial charge in [0.25, 0.3) is 0 Å². The van der Waals surface area contributed by atoms with E-state index >= 15 is 0 Å². The highest BCUT2D eigenvalue weighted by molar-refractivity contribution is 5.83. The van der Waals surface area contributed by atoms with E-state index in [1.165, 1.54) is 13.8 Å². The number of hydrogen-bond acceptors (Lipinski definition) is 4. The van der Waals surface area contributed by atoms with Crippen molar-refractivity contribution in [3.05, 3.63) is 29.8 Å². The number of esters is 1. The van der Waals surface area contributed by atoms with Gasteiger partial charge in [0.2, 0.25) is 11.8 Å². The molecule has 2 aliphatic rings. The second kappa shape index (κ2) is 5.37. The second-order valence-corrected chi connectivity index (χ2v) is 6.58. The molecule has 6 nitrogen and oxygen atoms in total. The predicted octanol–water partition coefficient (Wildman–Crippen LogP) is 1.76. The normalized spacial score (nSPS) is 29.2. The first kappa shape index (κ1) is 15.5. The minimum absolute atomic E-state index is 0.0320. The fourth-order valence-corrected chi connectivity index (χ4v) is 3.82. The highest BCUT2D eigenvalue weighted by atomic mass is 16.5. The number of para-hydroxylation sites is 1. The molecule has 3 rings (SSSR count). The maximum absolute atomic E-state index is 12.2. The lowest BCUT2D eigenvalue weighted by Crippen LogP contribution is -2.46. The highest BCUT2D eigenvalue weighted by Crippen LogP contribution is 2.52. The molecule has 0 unspecified atom stereocenters. The Morgan fingerprint density at radius 1 is 1.30 bits per heavy atom. The van der Waals surface area contributed by atoms with E-state index in [2.05, 4.69) is 5.32 Å². The quantitative estimate of drug-likeness (QED) is 0.666. The lowest BCUT2D eigenvalue weighted by Gasteiger charge is -2.30. The summed E-state index contributed by atoms with van der Waals surface area (Å²) in [5.41, 5.74) is 0.485. The van der Waals surface area contributed by atoms with Gasteiger partial charge in [0.1, 0.15) is 11.9 Å². The predicted molar refractivity (Wildman–Crippen MR) is 82.3 cm³/mol. The Labute approximate surface area is 134 Å². The van der Waals surface area contributed by atoms with Gasteiger partial charge in [-0.15, -0.1) is 0 Å². The van der Waals surface area contributed by atoms with Gasteiger partial charge in [-0.1, -0.05) is 25.1 Å². The molecule has 0 aromatic heterocycles. The monoisotopic (exact) mass is 316 g/mol. The van der Waals surface area contributed by atoms with Crippen LogP contribution in [0.4, 0.5) is 0 Å². The van der Waals surface area contributed by atoms with Gasteiger partial charge in [0, 0.05) is 31.2 Å². The maximum Gasteiger partial charge on any atom is 0.308 e. The standard InChI is InChI=1S/C17H20N2O4/c1-10(20)19-13(8-17(3)9-15(22)18-16(17)19)12-6-4-5-7-14(12)23-11(2)21/h4-7,13,16H,8-9H2,1-3H3,(H,18,22)/t13-,16+,17-/m1/s1. The fourth-order valence-electron chi connectivity index (χ4n) is 3.82. The molecule has 1 aromatic rings. The molecule has 2 amide bonds. The van der Waals surface area contributed by atoms with Crippen LogP contribution in [-0.4, -0.2) is 28.8 Å². The van der Waals surface area contributed by atoms with E-state index in [9.17, 15) is 14.4 Å². The van der Waals surface area contributed by atoms with Crippen molar-refractivity contribution < 1.29 is 19.1 Å². The van der Waals surface area contributed by atoms with Gasteiger partial charge in [-0.2, -0.15) is 0 Å². The summed E-state index contributed by atoms with van der Waals surface area (Å²) in [4.78, 5) is 37.0. The smallest absolute Gasteiger partial charge is 0.308 e. The molecule has 0 saturated carbocycles. The number of carbonyl (C=O) groups excluding carboxylic acids is 3. The van der Waals surface area contributed by atoms with E-state index in [-0.39, 0.29) is 29.4 Å². The molecule has 1 aromatic carbocycles. The SMILES string of the molecule is CC(=O)Oc1ccccc1[C@H]1C[C@]2(C)CC(=O)N[C@H]2N1C(C)=O. The third-order valence-corrected chi connectivity index (χ3v) is 4.69. The largest absolute Gasteiger partial charge is 0.426 e. The molecule has 2 saturated heterocycles. The molecule has 0 radical (unpaired) electrons. The number of likely N-dealkylation sites (tertiary alicyclic amines) is 1. The summed E-state index contributed by atoms with van der Waals surface area (Å²) >= 11 is 0. The molecule has 0 bridgehead atoms. The van der Waals surface area contributed by atoms with Crippen LogP contribution in [-0.2, 0) is 14.4 Å². The molecule has 2 aliphatic heterocycles. The lowest BCUT2D eigenvalue weighted by atomic mass is 9.83. The average Bonchev–Trinajstić information content (AvgIpc) is 2.86. The Hall–Kier alpha value is -2.37. The fraction of sp³-hybridized carbons (Fsp3) is 0.471. The Kier molecular flexibility index (Phi) is 3.62. The van der Waals surface area contributed by atoms with Crippen LogP contribution in [0.15, 0.2) is 24.3 Å². The summed E-state index contributed by atoms with van der Waals surface area (Å²) in [7, 11) is 0. The number of amides is 2. The van der Waals surface area contributed by atoms with Gasteiger partial charge in [-0.05, 0) is 12.5 Å². The van der Waals surface area contributed by atoms with Crippen LogP contribution < -0.4 is 10.1 Å². The summed E-state index contributed by atoms with van der Waals surface area (Å²) < 4.78 is 5.30. The molecule has 3 atom stereocenters. The van der Waals surface area contributed by atoms with Crippen molar-refractivity contribution >= 4 is 17.8 Å². The number of benzene rings is 1. The number of nitrogens with one attached hydrogen (secondary N) is 1. The number of nitrogens with zero attached hydrogens (tertiary/aromatic N) is 1. The zero-order valence-electron chi connectivity index (χ0n) is 13.5. The third kappa shape index (κ3) is 2.58. The maximum atomic E-state index is 12.2. The molecule has 0 spiro atoms. The molecule has 0 aliphatic carbocycles. The van der Waals surface area contributed by atoms with Gasteiger partial charge in [-0.25, -0.2) is 0 Å². The second-order valence-electron chi connectivity index (χ2n) is 6.58. The van der Waals surface area contributed by atoms with E-state index in [0.717, 1.165) is 5.56 Å². The van der Waals surface area contributed by atoms with E-state index in [0.29, 0.717) is 18.6 Å². The van der Waals surface area contributed by atoms with Crippen LogP contribution in [0.25, 0.3) is 0 Å². The number of hydrogen-bond donors (Lipinski definition) is 1. The van der Waals surface area contributed by atoms with E-state index in [1.807, 2.05) is 19.1 Å². The zero-order chi connectivity index (χ0) is 16.8. The highest BCUT2D eigenvalue weighted by Gasteiger charge is 2.56. The number of carbonyl (C=O) groups is 3. The number of rotatable bonds is 2. The molecule has 1 N–H and O–H groups in total. The Morgan fingerprint density at radius 3 is 2.65 bits per heavy atom. The Bertz CT molecular complexity index is 687. The van der Waals surface area contributed by atoms with Crippen LogP contribution >= 0.6 is 0 Å². The van der Waals surface area contributed by atoms with Crippen LogP contribution in [0.3, 0.4) is 0 Å². The Morgan fingerprint density at radius 2 is 2.00 bits per heavy atom. The summed E-state index contributed by atoms with van der Waals surface area (Å²) in [6.45, 7) is 4.86. The van der Waals surface area contributed by atoms with Crippen molar-refractivity contribution in [3.63, 3.8) is 0 Å². The van der Waals surface area contributed by atoms with Gasteiger partial charge >= 0.3 is 5.97 Å². The summed E-state index contributed by atoms with van der Waals surface area (Å²) in [6, 6.07) is 7.02. The molecule has 2 fully saturated rings. The summed E-state index contributed by atoms with van der Waals surface area (Å²) in [5.74, 6) is -0.0743. The summed E-state index contributed by atoms with van der Waals surface area (Å²) in [6.07, 6.45) is 0.727. The van der Waals surface area contributed by atoms with Gasteiger partial charge in [0.05, 0.1) is 6.04 Å². The van der Waals surface area contributed by atoms with Crippen LogP contribution in [0, 0.1) is 5.41 Å². The topological polar surface area (TPSA) is 75.7 Å². The van der Waals surface area contributed by atoms with Gasteiger partial charge in [-0.3, -0.25) is 14.4 Å². The minimum Gasteiger partial charge on any atom is -0.426 e. The van der Waals surface area contributed by atoms with Crippen molar-refractivity contribution in [2.75, 3.05) is 0 Å². The molecular weight excluding hydrogens is 296 g/mol. The number of fused-ring (bicyclic) bond motifs is 1. The van der Waals surface area contributed by atoms with E-state index in [4.69, 9.17) is 4.74 Å². The third-order valence-electron chi connectivity index (χ3n) is 4.69. The number of ether oxygens (including phenoxy) is 1.